The predicted molar refractivity (Wildman–Crippen MR) is 119 cm³/mol. The Morgan fingerprint density at radius 1 is 1.13 bits per heavy atom. The number of hydrogen-bond acceptors (Lipinski definition) is 4. The van der Waals surface area contributed by atoms with Crippen LogP contribution in [-0.2, 0) is 27.3 Å². The molecule has 1 aromatic heterocycles. The molecule has 6 nitrogen and oxygen atoms in total. The largest absolute Gasteiger partial charge is 0.466 e. The molecule has 0 unspecified atom stereocenters. The van der Waals surface area contributed by atoms with Crippen LogP contribution in [-0.4, -0.2) is 29.6 Å². The van der Waals surface area contributed by atoms with Crippen molar-refractivity contribution < 1.29 is 14.3 Å². The number of anilines is 1. The Kier molecular flexibility index (Phi) is 7.12. The highest BCUT2D eigenvalue weighted by atomic mass is 16.5. The third kappa shape index (κ3) is 5.20. The zero-order chi connectivity index (χ0) is 21.5. The topological polar surface area (TPSA) is 86.3 Å². The number of carbonyl (C=O) groups excluding carboxylic acids is 2. The van der Waals surface area contributed by atoms with E-state index < -0.39 is 0 Å². The minimum absolute atomic E-state index is 0.174. The lowest BCUT2D eigenvalue weighted by molar-refractivity contribution is -0.143. The lowest BCUT2D eigenvalue weighted by atomic mass is 10.1. The van der Waals surface area contributed by atoms with E-state index in [4.69, 9.17) is 10.5 Å². The number of nitrogens with zero attached hydrogens (tertiary/aromatic N) is 1. The highest BCUT2D eigenvalue weighted by Gasteiger charge is 2.16. The molecule has 1 heterocycles. The summed E-state index contributed by atoms with van der Waals surface area (Å²) in [4.78, 5) is 23.2. The molecule has 3 N–H and O–H groups in total. The molecule has 3 rings (SSSR count). The molecule has 0 aliphatic carbocycles. The molecule has 0 fully saturated rings. The first-order valence-corrected chi connectivity index (χ1v) is 10.3. The maximum absolute atomic E-state index is 11.7. The van der Waals surface area contributed by atoms with Crippen LogP contribution >= 0.6 is 0 Å². The molecule has 0 saturated heterocycles. The number of fused-ring (bicyclic) bond motifs is 1. The first-order chi connectivity index (χ1) is 14.5. The number of amides is 1. The molecule has 0 bridgehead atoms. The minimum atomic E-state index is -0.343. The number of esters is 1. The van der Waals surface area contributed by atoms with Crippen molar-refractivity contribution in [1.29, 1.82) is 0 Å². The van der Waals surface area contributed by atoms with Gasteiger partial charge in [0.2, 0.25) is 5.91 Å². The van der Waals surface area contributed by atoms with Crippen LogP contribution < -0.4 is 11.1 Å². The van der Waals surface area contributed by atoms with E-state index in [0.717, 1.165) is 34.4 Å². The van der Waals surface area contributed by atoms with Gasteiger partial charge in [-0.2, -0.15) is 0 Å². The lowest BCUT2D eigenvalue weighted by Gasteiger charge is -2.10. The second kappa shape index (κ2) is 9.96. The van der Waals surface area contributed by atoms with Gasteiger partial charge in [-0.15, -0.1) is 0 Å². The van der Waals surface area contributed by atoms with E-state index in [2.05, 4.69) is 34.1 Å². The first kappa shape index (κ1) is 21.4. The van der Waals surface area contributed by atoms with Crippen molar-refractivity contribution in [3.8, 4) is 0 Å². The number of ether oxygens (including phenoxy) is 1. The molecule has 0 saturated carbocycles. The molecule has 0 spiro atoms. The van der Waals surface area contributed by atoms with Crippen LogP contribution in [0.3, 0.4) is 0 Å². The minimum Gasteiger partial charge on any atom is -0.466 e. The fraction of sp³-hybridized carbons (Fsp3) is 0.333. The quantitative estimate of drug-likeness (QED) is 0.396. The van der Waals surface area contributed by atoms with Crippen molar-refractivity contribution in [1.82, 2.24) is 4.57 Å². The van der Waals surface area contributed by atoms with E-state index in [0.29, 0.717) is 26.0 Å². The lowest BCUT2D eigenvalue weighted by Crippen LogP contribution is -2.14. The summed E-state index contributed by atoms with van der Waals surface area (Å²) in [5.41, 5.74) is 10.8. The number of nitrogens with two attached hydrogens (primary N) is 1. The second-order valence-corrected chi connectivity index (χ2v) is 7.35. The number of hydrogen-bond donors (Lipinski definition) is 2. The molecule has 30 heavy (non-hydrogen) atoms. The van der Waals surface area contributed by atoms with Crippen LogP contribution in [0.25, 0.3) is 10.9 Å². The molecule has 0 atom stereocenters. The average molecular weight is 408 g/mol. The van der Waals surface area contributed by atoms with Gasteiger partial charge in [-0.3, -0.25) is 9.59 Å². The van der Waals surface area contributed by atoms with Crippen LogP contribution in [0.5, 0.6) is 0 Å². The summed E-state index contributed by atoms with van der Waals surface area (Å²) in [6.45, 7) is 5.65. The van der Waals surface area contributed by atoms with Crippen molar-refractivity contribution in [2.45, 2.75) is 39.7 Å². The Hall–Kier alpha value is -3.28. The van der Waals surface area contributed by atoms with E-state index in [9.17, 15) is 9.59 Å². The van der Waals surface area contributed by atoms with Crippen molar-refractivity contribution in [3.63, 3.8) is 0 Å². The van der Waals surface area contributed by atoms with Crippen molar-refractivity contribution >= 4 is 28.5 Å². The Bertz CT molecular complexity index is 1030. The summed E-state index contributed by atoms with van der Waals surface area (Å²) < 4.78 is 7.19. The van der Waals surface area contributed by atoms with Gasteiger partial charge in [0.25, 0.3) is 0 Å². The van der Waals surface area contributed by atoms with Crippen LogP contribution in [0.2, 0.25) is 0 Å². The normalized spacial score (nSPS) is 10.9. The van der Waals surface area contributed by atoms with Gasteiger partial charge in [0.1, 0.15) is 0 Å². The molecule has 158 valence electrons. The summed E-state index contributed by atoms with van der Waals surface area (Å²) in [5, 5.41) is 4.39. The van der Waals surface area contributed by atoms with E-state index in [1.165, 1.54) is 5.56 Å². The second-order valence-electron chi connectivity index (χ2n) is 7.35. The third-order valence-corrected chi connectivity index (χ3v) is 5.18. The Labute approximate surface area is 177 Å². The molecular formula is C24H29N3O3. The molecule has 0 aliphatic rings. The van der Waals surface area contributed by atoms with Gasteiger partial charge < -0.3 is 20.4 Å². The molecule has 0 aliphatic heterocycles. The van der Waals surface area contributed by atoms with Gasteiger partial charge in [0, 0.05) is 41.8 Å². The van der Waals surface area contributed by atoms with Crippen LogP contribution in [0.1, 0.15) is 36.6 Å². The predicted octanol–water partition coefficient (Wildman–Crippen LogP) is 3.78. The fourth-order valence-electron chi connectivity index (χ4n) is 3.73. The zero-order valence-corrected chi connectivity index (χ0v) is 17.6. The van der Waals surface area contributed by atoms with Gasteiger partial charge in [0.05, 0.1) is 13.0 Å². The van der Waals surface area contributed by atoms with Gasteiger partial charge >= 0.3 is 5.97 Å². The van der Waals surface area contributed by atoms with E-state index >= 15 is 0 Å². The highest BCUT2D eigenvalue weighted by molar-refractivity contribution is 5.92. The molecular weight excluding hydrogens is 378 g/mol. The summed E-state index contributed by atoms with van der Waals surface area (Å²) in [6.07, 6.45) is 1.29. The van der Waals surface area contributed by atoms with Crippen molar-refractivity contribution in [2.24, 2.45) is 5.73 Å². The Morgan fingerprint density at radius 3 is 2.60 bits per heavy atom. The number of carbonyl (C=O) groups is 2. The van der Waals surface area contributed by atoms with Crippen molar-refractivity contribution in [3.05, 3.63) is 65.4 Å². The average Bonchev–Trinajstić information content (AvgIpc) is 2.97. The summed E-state index contributed by atoms with van der Waals surface area (Å²) in [6, 6.07) is 16.4. The van der Waals surface area contributed by atoms with Gasteiger partial charge in [-0.25, -0.2) is 0 Å². The standard InChI is InChI=1S/C24H29N3O3/c1-3-30-24(29)10-7-13-26-19-11-12-22-21(14-19)20(15-23(25)28)17(2)27(22)16-18-8-5-4-6-9-18/h4-6,8-9,11-12,14,26H,3,7,10,13,15-16H2,1-2H3,(H2,25,28). The third-order valence-electron chi connectivity index (χ3n) is 5.18. The number of nitrogens with one attached hydrogen (secondary N) is 1. The van der Waals surface area contributed by atoms with Gasteiger partial charge in [0.15, 0.2) is 0 Å². The first-order valence-electron chi connectivity index (χ1n) is 10.3. The number of primary amides is 1. The van der Waals surface area contributed by atoms with Crippen molar-refractivity contribution in [2.75, 3.05) is 18.5 Å². The van der Waals surface area contributed by atoms with E-state index in [1.54, 1.807) is 6.92 Å². The van der Waals surface area contributed by atoms with E-state index in [1.807, 2.05) is 31.2 Å². The molecule has 3 aromatic rings. The molecule has 1 amide bonds. The maximum atomic E-state index is 11.7. The Morgan fingerprint density at radius 2 is 1.90 bits per heavy atom. The number of rotatable bonds is 10. The van der Waals surface area contributed by atoms with Crippen LogP contribution in [0.4, 0.5) is 5.69 Å². The number of benzene rings is 2. The van der Waals surface area contributed by atoms with Gasteiger partial charge in [-0.05, 0) is 49.6 Å². The summed E-state index contributed by atoms with van der Waals surface area (Å²) in [5.74, 6) is -0.517. The van der Waals surface area contributed by atoms with Crippen LogP contribution in [0, 0.1) is 6.92 Å². The highest BCUT2D eigenvalue weighted by Crippen LogP contribution is 2.30. The smallest absolute Gasteiger partial charge is 0.305 e. The van der Waals surface area contributed by atoms with Gasteiger partial charge in [-0.1, -0.05) is 30.3 Å². The maximum Gasteiger partial charge on any atom is 0.305 e. The Balaban J connectivity index is 1.83. The molecule has 0 radical (unpaired) electrons. The van der Waals surface area contributed by atoms with E-state index in [-0.39, 0.29) is 18.3 Å². The SMILES string of the molecule is CCOC(=O)CCCNc1ccc2c(c1)c(CC(N)=O)c(C)n2Cc1ccccc1. The zero-order valence-electron chi connectivity index (χ0n) is 17.6. The molecule has 2 aromatic carbocycles. The monoisotopic (exact) mass is 407 g/mol. The summed E-state index contributed by atoms with van der Waals surface area (Å²) >= 11 is 0. The summed E-state index contributed by atoms with van der Waals surface area (Å²) in [7, 11) is 0. The van der Waals surface area contributed by atoms with Crippen LogP contribution in [0.15, 0.2) is 48.5 Å². The number of aromatic nitrogens is 1. The fourth-order valence-corrected chi connectivity index (χ4v) is 3.73. The molecule has 6 heteroatoms.